The van der Waals surface area contributed by atoms with Crippen LogP contribution in [0.5, 0.6) is 5.75 Å². The molecule has 0 saturated carbocycles. The van der Waals surface area contributed by atoms with Gasteiger partial charge in [0.2, 0.25) is 0 Å². The van der Waals surface area contributed by atoms with Crippen LogP contribution in [0.4, 0.5) is 5.69 Å². The molecule has 1 rings (SSSR count). The highest BCUT2D eigenvalue weighted by atomic mass is 35.5. The molecule has 20 heavy (non-hydrogen) atoms. The number of ether oxygens (including phenoxy) is 1. The fraction of sp³-hybridized carbons (Fsp3) is 0.429. The molecule has 0 aromatic heterocycles. The van der Waals surface area contributed by atoms with Crippen molar-refractivity contribution in [2.75, 3.05) is 12.4 Å². The smallest absolute Gasteiger partial charge is 0.313 e. The second-order valence-corrected chi connectivity index (χ2v) is 5.87. The van der Waals surface area contributed by atoms with Crippen LogP contribution in [-0.4, -0.2) is 24.5 Å². The zero-order chi connectivity index (χ0) is 15.5. The number of anilines is 1. The van der Waals surface area contributed by atoms with Gasteiger partial charge < -0.3 is 15.4 Å². The number of carbonyl (C=O) groups excluding carboxylic acids is 2. The van der Waals surface area contributed by atoms with Crippen molar-refractivity contribution >= 4 is 29.1 Å². The Morgan fingerprint density at radius 1 is 1.20 bits per heavy atom. The molecular formula is C14H19ClN2O3. The average Bonchev–Trinajstić information content (AvgIpc) is 2.31. The molecule has 0 heterocycles. The fourth-order valence-corrected chi connectivity index (χ4v) is 1.66. The standard InChI is InChI=1S/C14H19ClN2O3/c1-8-6-10(11(20-5)7-9(8)15)16-12(18)13(19)17-14(2,3)4/h6-7H,1-5H3,(H,16,18)(H,17,19). The Hall–Kier alpha value is -1.75. The Kier molecular flexibility index (Phi) is 5.00. The molecule has 5 nitrogen and oxygen atoms in total. The van der Waals surface area contributed by atoms with Crippen LogP contribution in [0, 0.1) is 6.92 Å². The molecule has 0 spiro atoms. The van der Waals surface area contributed by atoms with Gasteiger partial charge in [-0.15, -0.1) is 0 Å². The molecule has 0 fully saturated rings. The third-order valence-corrected chi connectivity index (χ3v) is 2.83. The van der Waals surface area contributed by atoms with E-state index in [1.807, 2.05) is 0 Å². The van der Waals surface area contributed by atoms with Crippen molar-refractivity contribution in [2.24, 2.45) is 0 Å². The van der Waals surface area contributed by atoms with Gasteiger partial charge in [0, 0.05) is 16.6 Å². The van der Waals surface area contributed by atoms with Crippen molar-refractivity contribution < 1.29 is 14.3 Å². The minimum absolute atomic E-state index is 0.400. The molecule has 0 saturated heterocycles. The predicted molar refractivity (Wildman–Crippen MR) is 79.3 cm³/mol. The zero-order valence-electron chi connectivity index (χ0n) is 12.3. The first-order valence-corrected chi connectivity index (χ1v) is 6.49. The summed E-state index contributed by atoms with van der Waals surface area (Å²) in [5.41, 5.74) is 0.705. The van der Waals surface area contributed by atoms with Crippen LogP contribution in [-0.2, 0) is 9.59 Å². The van der Waals surface area contributed by atoms with E-state index >= 15 is 0 Å². The van der Waals surface area contributed by atoms with Gasteiger partial charge in [-0.2, -0.15) is 0 Å². The van der Waals surface area contributed by atoms with Crippen molar-refractivity contribution in [1.29, 1.82) is 0 Å². The number of amides is 2. The molecule has 0 bridgehead atoms. The first-order valence-electron chi connectivity index (χ1n) is 6.11. The summed E-state index contributed by atoms with van der Waals surface area (Å²) in [5.74, 6) is -1.05. The predicted octanol–water partition coefficient (Wildman–Crippen LogP) is 2.51. The quantitative estimate of drug-likeness (QED) is 0.824. The Balaban J connectivity index is 2.91. The Morgan fingerprint density at radius 3 is 2.30 bits per heavy atom. The van der Waals surface area contributed by atoms with Gasteiger partial charge >= 0.3 is 11.8 Å². The van der Waals surface area contributed by atoms with Gasteiger partial charge in [-0.3, -0.25) is 9.59 Å². The number of hydrogen-bond acceptors (Lipinski definition) is 3. The minimum Gasteiger partial charge on any atom is -0.495 e. The van der Waals surface area contributed by atoms with Crippen molar-refractivity contribution in [3.05, 3.63) is 22.7 Å². The number of methoxy groups -OCH3 is 1. The van der Waals surface area contributed by atoms with Gasteiger partial charge in [-0.25, -0.2) is 0 Å². The van der Waals surface area contributed by atoms with E-state index < -0.39 is 17.4 Å². The lowest BCUT2D eigenvalue weighted by Crippen LogP contribution is -2.46. The van der Waals surface area contributed by atoms with Gasteiger partial charge in [-0.05, 0) is 39.3 Å². The molecule has 6 heteroatoms. The van der Waals surface area contributed by atoms with Gasteiger partial charge in [0.15, 0.2) is 0 Å². The number of hydrogen-bond donors (Lipinski definition) is 2. The summed E-state index contributed by atoms with van der Waals surface area (Å²) in [7, 11) is 1.46. The lowest BCUT2D eigenvalue weighted by atomic mass is 10.1. The largest absolute Gasteiger partial charge is 0.495 e. The Morgan fingerprint density at radius 2 is 1.80 bits per heavy atom. The highest BCUT2D eigenvalue weighted by Crippen LogP contribution is 2.30. The van der Waals surface area contributed by atoms with Crippen LogP contribution in [0.25, 0.3) is 0 Å². The second-order valence-electron chi connectivity index (χ2n) is 5.46. The SMILES string of the molecule is COc1cc(Cl)c(C)cc1NC(=O)C(=O)NC(C)(C)C. The lowest BCUT2D eigenvalue weighted by Gasteiger charge is -2.20. The molecule has 2 amide bonds. The Bertz CT molecular complexity index is 536. The third-order valence-electron chi connectivity index (χ3n) is 2.42. The highest BCUT2D eigenvalue weighted by Gasteiger charge is 2.21. The first kappa shape index (κ1) is 16.3. The molecule has 0 aliphatic heterocycles. The van der Waals surface area contributed by atoms with Gasteiger partial charge in [0.1, 0.15) is 5.75 Å². The topological polar surface area (TPSA) is 67.4 Å². The maximum atomic E-state index is 11.8. The zero-order valence-corrected chi connectivity index (χ0v) is 13.0. The van der Waals surface area contributed by atoms with Crippen LogP contribution in [0.2, 0.25) is 5.02 Å². The van der Waals surface area contributed by atoms with E-state index in [4.69, 9.17) is 16.3 Å². The number of rotatable bonds is 2. The summed E-state index contributed by atoms with van der Waals surface area (Å²) in [6, 6.07) is 3.25. The van der Waals surface area contributed by atoms with Crippen molar-refractivity contribution in [2.45, 2.75) is 33.2 Å². The summed E-state index contributed by atoms with van der Waals surface area (Å²) < 4.78 is 5.13. The summed E-state index contributed by atoms with van der Waals surface area (Å²) in [6.07, 6.45) is 0. The van der Waals surface area contributed by atoms with Crippen LogP contribution in [0.15, 0.2) is 12.1 Å². The summed E-state index contributed by atoms with van der Waals surface area (Å²) in [6.45, 7) is 7.19. The highest BCUT2D eigenvalue weighted by molar-refractivity contribution is 6.40. The maximum absolute atomic E-state index is 11.8. The molecule has 0 atom stereocenters. The van der Waals surface area contributed by atoms with Crippen molar-refractivity contribution in [1.82, 2.24) is 5.32 Å². The van der Waals surface area contributed by atoms with E-state index in [2.05, 4.69) is 10.6 Å². The molecule has 2 N–H and O–H groups in total. The van der Waals surface area contributed by atoms with Gasteiger partial charge in [0.25, 0.3) is 0 Å². The molecule has 0 radical (unpaired) electrons. The van der Waals surface area contributed by atoms with E-state index in [9.17, 15) is 9.59 Å². The van der Waals surface area contributed by atoms with Crippen LogP contribution >= 0.6 is 11.6 Å². The van der Waals surface area contributed by atoms with Crippen molar-refractivity contribution in [3.8, 4) is 5.75 Å². The van der Waals surface area contributed by atoms with Gasteiger partial charge in [-0.1, -0.05) is 11.6 Å². The fourth-order valence-electron chi connectivity index (χ4n) is 1.51. The molecule has 1 aromatic carbocycles. The first-order chi connectivity index (χ1) is 9.14. The number of nitrogens with one attached hydrogen (secondary N) is 2. The van der Waals surface area contributed by atoms with E-state index in [0.717, 1.165) is 5.56 Å². The van der Waals surface area contributed by atoms with E-state index in [1.165, 1.54) is 7.11 Å². The number of carbonyl (C=O) groups is 2. The average molecular weight is 299 g/mol. The number of halogens is 1. The van der Waals surface area contributed by atoms with Crippen LogP contribution in [0.1, 0.15) is 26.3 Å². The van der Waals surface area contributed by atoms with Crippen LogP contribution < -0.4 is 15.4 Å². The number of benzene rings is 1. The number of aryl methyl sites for hydroxylation is 1. The molecule has 1 aromatic rings. The molecule has 110 valence electrons. The Labute approximate surface area is 123 Å². The normalized spacial score (nSPS) is 10.9. The van der Waals surface area contributed by atoms with E-state index in [1.54, 1.807) is 39.8 Å². The summed E-state index contributed by atoms with van der Waals surface area (Å²) in [5, 5.41) is 5.63. The minimum atomic E-state index is -0.750. The van der Waals surface area contributed by atoms with Gasteiger partial charge in [0.05, 0.1) is 12.8 Å². The monoisotopic (exact) mass is 298 g/mol. The second kappa shape index (κ2) is 6.13. The summed E-state index contributed by atoms with van der Waals surface area (Å²) >= 11 is 5.98. The van der Waals surface area contributed by atoms with Crippen molar-refractivity contribution in [3.63, 3.8) is 0 Å². The van der Waals surface area contributed by atoms with E-state index in [0.29, 0.717) is 16.5 Å². The maximum Gasteiger partial charge on any atom is 0.313 e. The summed E-state index contributed by atoms with van der Waals surface area (Å²) in [4.78, 5) is 23.6. The molecule has 0 aliphatic carbocycles. The molecular weight excluding hydrogens is 280 g/mol. The van der Waals surface area contributed by atoms with E-state index in [-0.39, 0.29) is 0 Å². The third kappa shape index (κ3) is 4.42. The molecule has 0 unspecified atom stereocenters. The lowest BCUT2D eigenvalue weighted by molar-refractivity contribution is -0.137. The molecule has 0 aliphatic rings. The van der Waals surface area contributed by atoms with Crippen LogP contribution in [0.3, 0.4) is 0 Å².